The van der Waals surface area contributed by atoms with E-state index in [1.54, 1.807) is 25.3 Å². The van der Waals surface area contributed by atoms with Crippen LogP contribution < -0.4 is 4.74 Å². The van der Waals surface area contributed by atoms with E-state index >= 15 is 0 Å². The summed E-state index contributed by atoms with van der Waals surface area (Å²) in [6, 6.07) is 10.9. The highest BCUT2D eigenvalue weighted by molar-refractivity contribution is 6.07. The molecule has 0 bridgehead atoms. The molecule has 4 heteroatoms. The maximum absolute atomic E-state index is 12.4. The van der Waals surface area contributed by atoms with Gasteiger partial charge in [0.2, 0.25) is 5.78 Å². The number of ether oxygens (including phenoxy) is 1. The number of carbonyl (C=O) groups excluding carboxylic acids is 1. The molecule has 0 saturated heterocycles. The summed E-state index contributed by atoms with van der Waals surface area (Å²) in [6.07, 6.45) is 3.18. The van der Waals surface area contributed by atoms with E-state index in [0.717, 1.165) is 22.1 Å². The smallest absolute Gasteiger partial charge is 0.221 e. The van der Waals surface area contributed by atoms with Gasteiger partial charge in [0.1, 0.15) is 5.75 Å². The van der Waals surface area contributed by atoms with Gasteiger partial charge in [-0.15, -0.1) is 0 Å². The Balaban J connectivity index is 1.90. The number of furan rings is 1. The molecule has 0 unspecified atom stereocenters. The highest BCUT2D eigenvalue weighted by Gasteiger charge is 2.12. The van der Waals surface area contributed by atoms with Crippen LogP contribution in [0.2, 0.25) is 0 Å². The maximum atomic E-state index is 12.4. The van der Waals surface area contributed by atoms with Gasteiger partial charge in [0.15, 0.2) is 17.1 Å². The predicted octanol–water partition coefficient (Wildman–Crippen LogP) is 4.66. The molecule has 1 aromatic heterocycles. The molecule has 3 rings (SSSR count). The van der Waals surface area contributed by atoms with Crippen molar-refractivity contribution in [3.8, 4) is 11.5 Å². The number of benzene rings is 2. The topological polar surface area (TPSA) is 59.7 Å². The van der Waals surface area contributed by atoms with Crippen molar-refractivity contribution in [2.75, 3.05) is 7.11 Å². The average molecular weight is 322 g/mol. The van der Waals surface area contributed by atoms with Crippen LogP contribution in [0, 0.1) is 13.8 Å². The molecule has 24 heavy (non-hydrogen) atoms. The summed E-state index contributed by atoms with van der Waals surface area (Å²) in [5.41, 5.74) is 2.96. The Morgan fingerprint density at radius 3 is 2.54 bits per heavy atom. The summed E-state index contributed by atoms with van der Waals surface area (Å²) in [5, 5.41) is 10.6. The van der Waals surface area contributed by atoms with Gasteiger partial charge >= 0.3 is 0 Å². The summed E-state index contributed by atoms with van der Waals surface area (Å²) in [6.45, 7) is 3.65. The molecule has 0 saturated carbocycles. The van der Waals surface area contributed by atoms with Gasteiger partial charge in [-0.2, -0.15) is 0 Å². The van der Waals surface area contributed by atoms with Crippen molar-refractivity contribution in [2.24, 2.45) is 0 Å². The Morgan fingerprint density at radius 2 is 1.88 bits per heavy atom. The van der Waals surface area contributed by atoms with Crippen molar-refractivity contribution in [1.82, 2.24) is 0 Å². The van der Waals surface area contributed by atoms with Crippen molar-refractivity contribution in [1.29, 1.82) is 0 Å². The van der Waals surface area contributed by atoms with Crippen LogP contribution in [0.3, 0.4) is 0 Å². The van der Waals surface area contributed by atoms with Crippen molar-refractivity contribution < 1.29 is 19.1 Å². The second kappa shape index (κ2) is 6.24. The number of allylic oxidation sites excluding steroid dienone is 1. The summed E-state index contributed by atoms with van der Waals surface area (Å²) in [7, 11) is 1.56. The van der Waals surface area contributed by atoms with Crippen molar-refractivity contribution >= 4 is 22.8 Å². The molecule has 0 amide bonds. The Hall–Kier alpha value is -3.01. The van der Waals surface area contributed by atoms with Crippen molar-refractivity contribution in [3.05, 3.63) is 64.9 Å². The summed E-state index contributed by atoms with van der Waals surface area (Å²) in [4.78, 5) is 12.4. The number of hydrogen-bond acceptors (Lipinski definition) is 4. The van der Waals surface area contributed by atoms with E-state index in [4.69, 9.17) is 9.15 Å². The number of rotatable bonds is 4. The quantitative estimate of drug-likeness (QED) is 0.560. The summed E-state index contributed by atoms with van der Waals surface area (Å²) in [5.74, 6) is 0.915. The largest absolute Gasteiger partial charge is 0.507 e. The van der Waals surface area contributed by atoms with Gasteiger partial charge in [0, 0.05) is 5.39 Å². The summed E-state index contributed by atoms with van der Waals surface area (Å²) < 4.78 is 10.9. The van der Waals surface area contributed by atoms with Crippen molar-refractivity contribution in [3.63, 3.8) is 0 Å². The fraction of sp³-hybridized carbons (Fsp3) is 0.150. The number of aromatic hydroxyl groups is 1. The van der Waals surface area contributed by atoms with E-state index in [1.165, 1.54) is 6.08 Å². The predicted molar refractivity (Wildman–Crippen MR) is 93.7 cm³/mol. The SMILES string of the molecule is COc1cccc2cc(C(=O)/C=C/c3cc(C)c(O)c(C)c3)oc12. The lowest BCUT2D eigenvalue weighted by Gasteiger charge is -2.04. The third kappa shape index (κ3) is 2.91. The first-order valence-corrected chi connectivity index (χ1v) is 7.59. The second-order valence-corrected chi connectivity index (χ2v) is 5.69. The van der Waals surface area contributed by atoms with E-state index in [1.807, 2.05) is 38.1 Å². The number of fused-ring (bicyclic) bond motifs is 1. The zero-order valence-corrected chi connectivity index (χ0v) is 13.8. The molecule has 0 aliphatic heterocycles. The van der Waals surface area contributed by atoms with Gasteiger partial charge in [-0.25, -0.2) is 0 Å². The molecular weight excluding hydrogens is 304 g/mol. The number of phenols is 1. The molecule has 2 aromatic carbocycles. The third-order valence-corrected chi connectivity index (χ3v) is 3.91. The van der Waals surface area contributed by atoms with Crippen LogP contribution in [0.5, 0.6) is 11.5 Å². The van der Waals surface area contributed by atoms with Crippen LogP contribution in [0.25, 0.3) is 17.0 Å². The van der Waals surface area contributed by atoms with Crippen LogP contribution >= 0.6 is 0 Å². The molecule has 1 N–H and O–H groups in total. The van der Waals surface area contributed by atoms with E-state index in [2.05, 4.69) is 0 Å². The molecule has 1 heterocycles. The lowest BCUT2D eigenvalue weighted by molar-refractivity contribution is 0.102. The Bertz CT molecular complexity index is 924. The van der Waals surface area contributed by atoms with Crippen LogP contribution in [0.1, 0.15) is 27.2 Å². The molecule has 0 aliphatic rings. The third-order valence-electron chi connectivity index (χ3n) is 3.91. The molecular formula is C20H18O4. The van der Waals surface area contributed by atoms with E-state index in [0.29, 0.717) is 11.3 Å². The monoisotopic (exact) mass is 322 g/mol. The maximum Gasteiger partial charge on any atom is 0.221 e. The first-order chi connectivity index (χ1) is 11.5. The highest BCUT2D eigenvalue weighted by Crippen LogP contribution is 2.29. The zero-order valence-electron chi connectivity index (χ0n) is 13.8. The normalized spacial score (nSPS) is 11.3. The molecule has 0 aliphatic carbocycles. The Kier molecular flexibility index (Phi) is 4.13. The second-order valence-electron chi connectivity index (χ2n) is 5.69. The Morgan fingerprint density at radius 1 is 1.17 bits per heavy atom. The highest BCUT2D eigenvalue weighted by atomic mass is 16.5. The minimum absolute atomic E-state index is 0.225. The molecule has 0 spiro atoms. The zero-order chi connectivity index (χ0) is 17.3. The molecule has 0 radical (unpaired) electrons. The van der Waals surface area contributed by atoms with Crippen molar-refractivity contribution in [2.45, 2.75) is 13.8 Å². The van der Waals surface area contributed by atoms with Crippen LogP contribution in [0.4, 0.5) is 0 Å². The van der Waals surface area contributed by atoms with Gasteiger partial charge < -0.3 is 14.3 Å². The van der Waals surface area contributed by atoms with Gasteiger partial charge in [-0.1, -0.05) is 18.2 Å². The number of aryl methyl sites for hydroxylation is 2. The molecule has 122 valence electrons. The minimum atomic E-state index is -0.225. The minimum Gasteiger partial charge on any atom is -0.507 e. The van der Waals surface area contributed by atoms with E-state index in [9.17, 15) is 9.90 Å². The van der Waals surface area contributed by atoms with Crippen LogP contribution in [-0.2, 0) is 0 Å². The average Bonchev–Trinajstić information content (AvgIpc) is 3.01. The fourth-order valence-corrected chi connectivity index (χ4v) is 2.66. The lowest BCUT2D eigenvalue weighted by Crippen LogP contribution is -1.91. The summed E-state index contributed by atoms with van der Waals surface area (Å²) >= 11 is 0. The van der Waals surface area contributed by atoms with E-state index < -0.39 is 0 Å². The van der Waals surface area contributed by atoms with Gasteiger partial charge in [0.05, 0.1) is 7.11 Å². The number of ketones is 1. The standard InChI is InChI=1S/C20H18O4/c1-12-9-14(10-13(2)19(12)22)7-8-16(21)18-11-15-5-4-6-17(23-3)20(15)24-18/h4-11,22H,1-3H3/b8-7+. The van der Waals surface area contributed by atoms with Gasteiger partial charge in [-0.3, -0.25) is 4.79 Å². The van der Waals surface area contributed by atoms with Gasteiger partial charge in [0.25, 0.3) is 0 Å². The Labute approximate surface area is 140 Å². The lowest BCUT2D eigenvalue weighted by atomic mass is 10.0. The molecule has 3 aromatic rings. The number of hydrogen-bond donors (Lipinski definition) is 1. The number of carbonyl (C=O) groups is 1. The first-order valence-electron chi connectivity index (χ1n) is 7.59. The fourth-order valence-electron chi connectivity index (χ4n) is 2.66. The van der Waals surface area contributed by atoms with Crippen LogP contribution in [0.15, 0.2) is 46.9 Å². The molecule has 4 nitrogen and oxygen atoms in total. The number of phenolic OH excluding ortho intramolecular Hbond substituents is 1. The molecule has 0 fully saturated rings. The molecule has 0 atom stereocenters. The van der Waals surface area contributed by atoms with Crippen LogP contribution in [-0.4, -0.2) is 18.0 Å². The first kappa shape index (κ1) is 15.9. The number of methoxy groups -OCH3 is 1. The van der Waals surface area contributed by atoms with Gasteiger partial charge in [-0.05, 0) is 60.9 Å². The number of para-hydroxylation sites is 1. The van der Waals surface area contributed by atoms with E-state index in [-0.39, 0.29) is 17.3 Å².